The Morgan fingerprint density at radius 2 is 1.30 bits per heavy atom. The number of alkyl halides is 3. The summed E-state index contributed by atoms with van der Waals surface area (Å²) in [5.41, 5.74) is 1.79. The SMILES string of the molecule is Cc1nnc(-c2cc(C(C)(C)C)c3ccccc3c2)c2cc3ccccc3c(C(F)(F)F)c12. The molecule has 0 aliphatic carbocycles. The van der Waals surface area contributed by atoms with E-state index in [0.29, 0.717) is 16.5 Å². The molecule has 166 valence electrons. The third-order valence-electron chi connectivity index (χ3n) is 6.19. The number of benzene rings is 4. The van der Waals surface area contributed by atoms with E-state index in [1.807, 2.05) is 36.4 Å². The van der Waals surface area contributed by atoms with Crippen LogP contribution >= 0.6 is 0 Å². The monoisotopic (exact) mass is 444 g/mol. The Bertz CT molecular complexity index is 1540. The van der Waals surface area contributed by atoms with Crippen molar-refractivity contribution in [2.75, 3.05) is 0 Å². The quantitative estimate of drug-likeness (QED) is 0.243. The Labute approximate surface area is 190 Å². The Kier molecular flexibility index (Phi) is 4.71. The lowest BCUT2D eigenvalue weighted by Crippen LogP contribution is -2.12. The average molecular weight is 445 g/mol. The molecule has 0 aliphatic rings. The first-order valence-electron chi connectivity index (χ1n) is 10.9. The Morgan fingerprint density at radius 3 is 1.94 bits per heavy atom. The molecule has 0 spiro atoms. The van der Waals surface area contributed by atoms with Gasteiger partial charge >= 0.3 is 6.18 Å². The minimum absolute atomic E-state index is 0.108. The van der Waals surface area contributed by atoms with E-state index in [1.165, 1.54) is 6.07 Å². The van der Waals surface area contributed by atoms with Gasteiger partial charge in [0.1, 0.15) is 5.69 Å². The third-order valence-corrected chi connectivity index (χ3v) is 6.19. The summed E-state index contributed by atoms with van der Waals surface area (Å²) in [5, 5.41) is 12.0. The maximum atomic E-state index is 14.3. The average Bonchev–Trinajstić information content (AvgIpc) is 2.76. The van der Waals surface area contributed by atoms with Crippen molar-refractivity contribution in [1.82, 2.24) is 10.2 Å². The van der Waals surface area contributed by atoms with Gasteiger partial charge in [0, 0.05) is 16.3 Å². The summed E-state index contributed by atoms with van der Waals surface area (Å²) in [6.45, 7) is 7.98. The highest BCUT2D eigenvalue weighted by atomic mass is 19.4. The van der Waals surface area contributed by atoms with Crippen LogP contribution in [0.15, 0.2) is 66.7 Å². The number of hydrogen-bond donors (Lipinski definition) is 0. The maximum absolute atomic E-state index is 14.3. The van der Waals surface area contributed by atoms with Gasteiger partial charge in [-0.15, -0.1) is 5.10 Å². The first kappa shape index (κ1) is 21.4. The smallest absolute Gasteiger partial charge is 0.166 e. The van der Waals surface area contributed by atoms with Gasteiger partial charge in [0.05, 0.1) is 11.3 Å². The number of aryl methyl sites for hydroxylation is 1. The molecule has 33 heavy (non-hydrogen) atoms. The van der Waals surface area contributed by atoms with Crippen molar-refractivity contribution in [1.29, 1.82) is 0 Å². The van der Waals surface area contributed by atoms with Gasteiger partial charge in [-0.05, 0) is 57.6 Å². The second kappa shape index (κ2) is 7.27. The first-order valence-corrected chi connectivity index (χ1v) is 10.9. The van der Waals surface area contributed by atoms with Gasteiger partial charge in [-0.25, -0.2) is 0 Å². The second-order valence-corrected chi connectivity index (χ2v) is 9.52. The van der Waals surface area contributed by atoms with Crippen molar-refractivity contribution in [3.8, 4) is 11.3 Å². The van der Waals surface area contributed by atoms with Gasteiger partial charge in [0.2, 0.25) is 0 Å². The highest BCUT2D eigenvalue weighted by Crippen LogP contribution is 2.44. The van der Waals surface area contributed by atoms with E-state index in [1.54, 1.807) is 25.1 Å². The molecule has 0 fully saturated rings. The number of halogens is 3. The molecular weight excluding hydrogens is 421 g/mol. The molecule has 0 amide bonds. The molecule has 0 N–H and O–H groups in total. The predicted octanol–water partition coefficient (Wildman–Crippen LogP) is 8.23. The molecule has 5 heteroatoms. The molecule has 1 aromatic heterocycles. The van der Waals surface area contributed by atoms with Gasteiger partial charge < -0.3 is 0 Å². The molecular formula is C28H23F3N2. The maximum Gasteiger partial charge on any atom is 0.417 e. The molecule has 0 atom stereocenters. The fourth-order valence-electron chi connectivity index (χ4n) is 4.71. The largest absolute Gasteiger partial charge is 0.417 e. The Hall–Kier alpha value is -3.47. The first-order chi connectivity index (χ1) is 15.6. The van der Waals surface area contributed by atoms with Crippen LogP contribution in [0.5, 0.6) is 0 Å². The summed E-state index contributed by atoms with van der Waals surface area (Å²) < 4.78 is 43.0. The summed E-state index contributed by atoms with van der Waals surface area (Å²) >= 11 is 0. The lowest BCUT2D eigenvalue weighted by Gasteiger charge is -2.23. The highest BCUT2D eigenvalue weighted by molar-refractivity contribution is 6.08. The number of nitrogens with zero attached hydrogens (tertiary/aromatic N) is 2. The van der Waals surface area contributed by atoms with E-state index in [4.69, 9.17) is 0 Å². The second-order valence-electron chi connectivity index (χ2n) is 9.52. The molecule has 5 aromatic rings. The van der Waals surface area contributed by atoms with Crippen molar-refractivity contribution in [3.05, 3.63) is 83.6 Å². The van der Waals surface area contributed by atoms with Gasteiger partial charge in [-0.3, -0.25) is 0 Å². The van der Waals surface area contributed by atoms with Crippen molar-refractivity contribution in [2.24, 2.45) is 0 Å². The van der Waals surface area contributed by atoms with E-state index >= 15 is 0 Å². The van der Waals surface area contributed by atoms with Crippen LogP contribution in [-0.4, -0.2) is 10.2 Å². The summed E-state index contributed by atoms with van der Waals surface area (Å²) in [6.07, 6.45) is -4.52. The fourth-order valence-corrected chi connectivity index (χ4v) is 4.71. The summed E-state index contributed by atoms with van der Waals surface area (Å²) in [7, 11) is 0. The lowest BCUT2D eigenvalue weighted by molar-refractivity contribution is -0.135. The molecule has 0 bridgehead atoms. The zero-order valence-corrected chi connectivity index (χ0v) is 18.9. The lowest BCUT2D eigenvalue weighted by atomic mass is 9.82. The van der Waals surface area contributed by atoms with Gasteiger partial charge in [0.15, 0.2) is 0 Å². The number of fused-ring (bicyclic) bond motifs is 3. The molecule has 0 aliphatic heterocycles. The van der Waals surface area contributed by atoms with Crippen molar-refractivity contribution < 1.29 is 13.2 Å². The molecule has 2 nitrogen and oxygen atoms in total. The van der Waals surface area contributed by atoms with Crippen LogP contribution in [-0.2, 0) is 11.6 Å². The van der Waals surface area contributed by atoms with Gasteiger partial charge in [-0.1, -0.05) is 69.3 Å². The molecule has 0 saturated heterocycles. The van der Waals surface area contributed by atoms with E-state index in [2.05, 4.69) is 37.0 Å². The van der Waals surface area contributed by atoms with E-state index in [-0.39, 0.29) is 21.9 Å². The summed E-state index contributed by atoms with van der Waals surface area (Å²) in [5.74, 6) is 0. The minimum atomic E-state index is -4.52. The number of rotatable bonds is 1. The molecule has 1 heterocycles. The normalized spacial score (nSPS) is 12.7. The van der Waals surface area contributed by atoms with Crippen LogP contribution < -0.4 is 0 Å². The van der Waals surface area contributed by atoms with Crippen molar-refractivity contribution in [3.63, 3.8) is 0 Å². The molecule has 5 rings (SSSR count). The molecule has 0 unspecified atom stereocenters. The number of aromatic nitrogens is 2. The summed E-state index contributed by atoms with van der Waals surface area (Å²) in [4.78, 5) is 0. The predicted molar refractivity (Wildman–Crippen MR) is 128 cm³/mol. The fraction of sp³-hybridized carbons (Fsp3) is 0.214. The van der Waals surface area contributed by atoms with Crippen LogP contribution in [0.3, 0.4) is 0 Å². The molecule has 0 saturated carbocycles. The van der Waals surface area contributed by atoms with E-state index < -0.39 is 11.7 Å². The van der Waals surface area contributed by atoms with Gasteiger partial charge in [0.25, 0.3) is 0 Å². The highest BCUT2D eigenvalue weighted by Gasteiger charge is 2.36. The third kappa shape index (κ3) is 3.52. The van der Waals surface area contributed by atoms with Crippen LogP contribution in [0, 0.1) is 6.92 Å². The van der Waals surface area contributed by atoms with Crippen LogP contribution in [0.2, 0.25) is 0 Å². The van der Waals surface area contributed by atoms with Crippen LogP contribution in [0.4, 0.5) is 13.2 Å². The van der Waals surface area contributed by atoms with E-state index in [9.17, 15) is 13.2 Å². The van der Waals surface area contributed by atoms with Crippen LogP contribution in [0.25, 0.3) is 43.6 Å². The molecule has 4 aromatic carbocycles. The van der Waals surface area contributed by atoms with E-state index in [0.717, 1.165) is 21.9 Å². The standard InChI is InChI=1S/C28H23F3N2/c1-16-24-22(14-18-10-6-8-12-21(18)25(24)28(29,30)31)26(33-32-16)19-13-17-9-5-7-11-20(17)23(15-19)27(2,3)4/h5-15H,1-4H3. The van der Waals surface area contributed by atoms with Gasteiger partial charge in [-0.2, -0.15) is 18.3 Å². The summed E-state index contributed by atoms with van der Waals surface area (Å²) in [6, 6.07) is 20.5. The zero-order valence-electron chi connectivity index (χ0n) is 18.9. The topological polar surface area (TPSA) is 25.8 Å². The van der Waals surface area contributed by atoms with Crippen molar-refractivity contribution in [2.45, 2.75) is 39.3 Å². The van der Waals surface area contributed by atoms with Crippen LogP contribution in [0.1, 0.15) is 37.6 Å². The Balaban J connectivity index is 1.94. The zero-order chi connectivity index (χ0) is 23.5. The van der Waals surface area contributed by atoms with Crippen molar-refractivity contribution >= 4 is 32.3 Å². The molecule has 0 radical (unpaired) electrons. The number of hydrogen-bond acceptors (Lipinski definition) is 2. The Morgan fingerprint density at radius 1 is 0.697 bits per heavy atom. The minimum Gasteiger partial charge on any atom is -0.166 e.